The molecule has 1 aromatic rings. The first kappa shape index (κ1) is 15.5. The minimum atomic E-state index is -3.56. The lowest BCUT2D eigenvalue weighted by Crippen LogP contribution is -2.42. The van der Waals surface area contributed by atoms with Gasteiger partial charge in [0.05, 0.1) is 16.4 Å². The largest absolute Gasteiger partial charge is 0.326 e. The first-order valence-corrected chi connectivity index (χ1v) is 8.96. The molecule has 2 N–H and O–H groups in total. The zero-order valence-corrected chi connectivity index (χ0v) is 13.7. The van der Waals surface area contributed by atoms with Gasteiger partial charge in [-0.25, -0.2) is 8.42 Å². The molecular weight excluding hydrogens is 298 g/mol. The zero-order valence-electron chi connectivity index (χ0n) is 12.9. The van der Waals surface area contributed by atoms with Crippen molar-refractivity contribution < 1.29 is 8.42 Å². The van der Waals surface area contributed by atoms with Gasteiger partial charge in [-0.05, 0) is 50.8 Å². The maximum absolute atomic E-state index is 12.8. The molecule has 2 aliphatic rings. The molecule has 1 aliphatic carbocycles. The molecule has 6 heteroatoms. The monoisotopic (exact) mass is 319 g/mol. The van der Waals surface area contributed by atoms with Crippen LogP contribution in [0.15, 0.2) is 29.2 Å². The smallest absolute Gasteiger partial charge is 0.243 e. The van der Waals surface area contributed by atoms with Crippen LogP contribution in [0.25, 0.3) is 0 Å². The third-order valence-electron chi connectivity index (χ3n) is 4.80. The van der Waals surface area contributed by atoms with Gasteiger partial charge >= 0.3 is 0 Å². The van der Waals surface area contributed by atoms with Crippen LogP contribution >= 0.6 is 0 Å². The summed E-state index contributed by atoms with van der Waals surface area (Å²) in [5.74, 6) is 0. The highest BCUT2D eigenvalue weighted by atomic mass is 32.2. The van der Waals surface area contributed by atoms with Crippen molar-refractivity contribution in [2.24, 2.45) is 5.73 Å². The number of rotatable bonds is 3. The summed E-state index contributed by atoms with van der Waals surface area (Å²) < 4.78 is 27.2. The molecule has 0 bridgehead atoms. The molecular formula is C16H21N3O2S. The molecule has 3 rings (SSSR count). The van der Waals surface area contributed by atoms with Crippen LogP contribution in [0.5, 0.6) is 0 Å². The normalized spacial score (nSPS) is 26.5. The second kappa shape index (κ2) is 4.79. The Morgan fingerprint density at radius 1 is 1.27 bits per heavy atom. The molecule has 1 unspecified atom stereocenters. The van der Waals surface area contributed by atoms with Gasteiger partial charge < -0.3 is 5.73 Å². The summed E-state index contributed by atoms with van der Waals surface area (Å²) in [4.78, 5) is 0.271. The molecule has 2 fully saturated rings. The van der Waals surface area contributed by atoms with E-state index in [9.17, 15) is 13.7 Å². The Balaban J connectivity index is 1.92. The summed E-state index contributed by atoms with van der Waals surface area (Å²) in [5, 5.41) is 9.22. The molecule has 1 saturated carbocycles. The Morgan fingerprint density at radius 2 is 1.86 bits per heavy atom. The van der Waals surface area contributed by atoms with Crippen molar-refractivity contribution in [1.29, 1.82) is 5.26 Å². The highest BCUT2D eigenvalue weighted by molar-refractivity contribution is 7.89. The van der Waals surface area contributed by atoms with Crippen LogP contribution in [0.1, 0.15) is 38.7 Å². The fourth-order valence-corrected chi connectivity index (χ4v) is 5.20. The van der Waals surface area contributed by atoms with Crippen molar-refractivity contribution in [3.63, 3.8) is 0 Å². The van der Waals surface area contributed by atoms with E-state index < -0.39 is 21.0 Å². The van der Waals surface area contributed by atoms with E-state index in [0.717, 1.165) is 18.4 Å². The first-order chi connectivity index (χ1) is 10.2. The molecule has 0 spiro atoms. The fourth-order valence-electron chi connectivity index (χ4n) is 3.35. The number of nitrogens with two attached hydrogens (primary N) is 1. The second-order valence-corrected chi connectivity index (χ2v) is 8.89. The SMILES string of the molecule is CC1(C)CC(N)CN1S(=O)(=O)c1ccc(C2(C#N)CC2)cc1. The van der Waals surface area contributed by atoms with Gasteiger partial charge in [-0.15, -0.1) is 0 Å². The van der Waals surface area contributed by atoms with Gasteiger partial charge in [0, 0.05) is 18.1 Å². The van der Waals surface area contributed by atoms with E-state index in [1.807, 2.05) is 13.8 Å². The van der Waals surface area contributed by atoms with Crippen LogP contribution in [0, 0.1) is 11.3 Å². The van der Waals surface area contributed by atoms with Gasteiger partial charge in [-0.2, -0.15) is 9.57 Å². The van der Waals surface area contributed by atoms with Crippen LogP contribution < -0.4 is 5.73 Å². The average molecular weight is 319 g/mol. The second-order valence-electron chi connectivity index (χ2n) is 7.03. The minimum absolute atomic E-state index is 0.127. The standard InChI is InChI=1S/C16H21N3O2S/c1-15(2)9-13(18)10-19(15)22(20,21)14-5-3-12(4-6-14)16(11-17)7-8-16/h3-6,13H,7-10,18H2,1-2H3. The highest BCUT2D eigenvalue weighted by Gasteiger charge is 2.46. The number of nitriles is 1. The Labute approximate surface area is 131 Å². The number of nitrogens with zero attached hydrogens (tertiary/aromatic N) is 2. The molecule has 1 saturated heterocycles. The maximum Gasteiger partial charge on any atom is 0.243 e. The van der Waals surface area contributed by atoms with Gasteiger partial charge in [-0.3, -0.25) is 0 Å². The molecule has 0 aromatic heterocycles. The molecule has 118 valence electrons. The molecule has 1 atom stereocenters. The van der Waals surface area contributed by atoms with E-state index >= 15 is 0 Å². The molecule has 1 aliphatic heterocycles. The van der Waals surface area contributed by atoms with Crippen LogP contribution in [0.3, 0.4) is 0 Å². The Kier molecular flexibility index (Phi) is 3.37. The van der Waals surface area contributed by atoms with E-state index in [1.165, 1.54) is 4.31 Å². The molecule has 1 aromatic carbocycles. The van der Waals surface area contributed by atoms with E-state index in [2.05, 4.69) is 6.07 Å². The summed E-state index contributed by atoms with van der Waals surface area (Å²) in [5.41, 5.74) is 5.99. The van der Waals surface area contributed by atoms with Gasteiger partial charge in [0.2, 0.25) is 10.0 Å². The van der Waals surface area contributed by atoms with E-state index in [1.54, 1.807) is 24.3 Å². The fraction of sp³-hybridized carbons (Fsp3) is 0.562. The van der Waals surface area contributed by atoms with Crippen molar-refractivity contribution in [3.8, 4) is 6.07 Å². The third-order valence-corrected chi connectivity index (χ3v) is 6.89. The number of hydrogen-bond acceptors (Lipinski definition) is 4. The maximum atomic E-state index is 12.8. The van der Waals surface area contributed by atoms with Crippen LogP contribution in [0.4, 0.5) is 0 Å². The van der Waals surface area contributed by atoms with Crippen molar-refractivity contribution in [1.82, 2.24) is 4.31 Å². The van der Waals surface area contributed by atoms with Crippen LogP contribution in [0.2, 0.25) is 0 Å². The third kappa shape index (κ3) is 2.34. The Morgan fingerprint density at radius 3 is 2.27 bits per heavy atom. The molecule has 22 heavy (non-hydrogen) atoms. The lowest BCUT2D eigenvalue weighted by Gasteiger charge is -2.30. The number of hydrogen-bond donors (Lipinski definition) is 1. The summed E-state index contributed by atoms with van der Waals surface area (Å²) in [6.07, 6.45) is 2.36. The Hall–Kier alpha value is -1.42. The predicted octanol–water partition coefficient (Wildman–Crippen LogP) is 1.74. The summed E-state index contributed by atoms with van der Waals surface area (Å²) in [6, 6.07) is 8.96. The summed E-state index contributed by atoms with van der Waals surface area (Å²) in [7, 11) is -3.56. The number of sulfonamides is 1. The van der Waals surface area contributed by atoms with Gasteiger partial charge in [0.25, 0.3) is 0 Å². The topological polar surface area (TPSA) is 87.2 Å². The van der Waals surface area contributed by atoms with Crippen molar-refractivity contribution in [2.45, 2.75) is 55.0 Å². The van der Waals surface area contributed by atoms with E-state index in [4.69, 9.17) is 5.73 Å². The van der Waals surface area contributed by atoms with Gasteiger partial charge in [0.1, 0.15) is 0 Å². The summed E-state index contributed by atoms with van der Waals surface area (Å²) >= 11 is 0. The molecule has 1 heterocycles. The lowest BCUT2D eigenvalue weighted by molar-refractivity contribution is 0.291. The van der Waals surface area contributed by atoms with Crippen molar-refractivity contribution >= 4 is 10.0 Å². The van der Waals surface area contributed by atoms with Crippen molar-refractivity contribution in [3.05, 3.63) is 29.8 Å². The van der Waals surface area contributed by atoms with Gasteiger partial charge in [0.15, 0.2) is 0 Å². The van der Waals surface area contributed by atoms with Gasteiger partial charge in [-0.1, -0.05) is 12.1 Å². The zero-order chi connectivity index (χ0) is 16.2. The number of benzene rings is 1. The average Bonchev–Trinajstić information content (AvgIpc) is 3.20. The first-order valence-electron chi connectivity index (χ1n) is 7.52. The highest BCUT2D eigenvalue weighted by Crippen LogP contribution is 2.47. The lowest BCUT2D eigenvalue weighted by atomic mass is 9.98. The quantitative estimate of drug-likeness (QED) is 0.919. The molecule has 0 radical (unpaired) electrons. The van der Waals surface area contributed by atoms with Crippen molar-refractivity contribution in [2.75, 3.05) is 6.54 Å². The van der Waals surface area contributed by atoms with Crippen LogP contribution in [-0.2, 0) is 15.4 Å². The minimum Gasteiger partial charge on any atom is -0.326 e. The van der Waals surface area contributed by atoms with E-state index in [0.29, 0.717) is 13.0 Å². The summed E-state index contributed by atoms with van der Waals surface area (Å²) in [6.45, 7) is 4.15. The molecule has 5 nitrogen and oxygen atoms in total. The Bertz CT molecular complexity index is 728. The molecule has 0 amide bonds. The van der Waals surface area contributed by atoms with Crippen LogP contribution in [-0.4, -0.2) is 30.8 Å². The van der Waals surface area contributed by atoms with E-state index in [-0.39, 0.29) is 10.9 Å². The predicted molar refractivity (Wildman–Crippen MR) is 83.5 cm³/mol.